The van der Waals surface area contributed by atoms with Crippen molar-refractivity contribution in [2.45, 2.75) is 58.3 Å². The average molecular weight is 297 g/mol. The van der Waals surface area contributed by atoms with Crippen molar-refractivity contribution in [1.82, 2.24) is 15.3 Å². The summed E-state index contributed by atoms with van der Waals surface area (Å²) in [6.07, 6.45) is 0.549. The predicted molar refractivity (Wildman–Crippen MR) is 81.3 cm³/mol. The number of aromatic nitrogens is 2. The van der Waals surface area contributed by atoms with E-state index < -0.39 is 12.0 Å². The second kappa shape index (κ2) is 7.59. The Balaban J connectivity index is 2.57. The number of thioether (sulfide) groups is 1. The van der Waals surface area contributed by atoms with Crippen LogP contribution in [0.2, 0.25) is 0 Å². The van der Waals surface area contributed by atoms with Gasteiger partial charge in [-0.1, -0.05) is 25.6 Å². The minimum Gasteiger partial charge on any atom is -0.480 e. The molecule has 0 fully saturated rings. The lowest BCUT2D eigenvalue weighted by Gasteiger charge is -2.16. The van der Waals surface area contributed by atoms with E-state index in [1.54, 1.807) is 0 Å². The first-order valence-corrected chi connectivity index (χ1v) is 7.73. The smallest absolute Gasteiger partial charge is 0.320 e. The molecular weight excluding hydrogens is 274 g/mol. The van der Waals surface area contributed by atoms with Crippen LogP contribution >= 0.6 is 11.8 Å². The number of nitrogens with zero attached hydrogens (tertiary/aromatic N) is 2. The Hall–Kier alpha value is -1.14. The lowest BCUT2D eigenvalue weighted by molar-refractivity contribution is -0.139. The monoisotopic (exact) mass is 297 g/mol. The maximum atomic E-state index is 11.1. The predicted octanol–water partition coefficient (Wildman–Crippen LogP) is 2.34. The highest BCUT2D eigenvalue weighted by molar-refractivity contribution is 7.99. The highest BCUT2D eigenvalue weighted by atomic mass is 32.2. The molecule has 1 aromatic rings. The van der Waals surface area contributed by atoms with Gasteiger partial charge in [-0.3, -0.25) is 4.79 Å². The van der Waals surface area contributed by atoms with E-state index in [0.29, 0.717) is 12.2 Å². The minimum atomic E-state index is -0.809. The molecule has 0 aliphatic heterocycles. The number of carboxylic acid groups (broad SMARTS) is 1. The molecule has 0 bridgehead atoms. The summed E-state index contributed by atoms with van der Waals surface area (Å²) >= 11 is 1.50. The molecule has 5 nitrogen and oxygen atoms in total. The van der Waals surface area contributed by atoms with Crippen LogP contribution in [0, 0.1) is 20.8 Å². The van der Waals surface area contributed by atoms with Gasteiger partial charge in [0.05, 0.1) is 0 Å². The Morgan fingerprint density at radius 1 is 1.25 bits per heavy atom. The third-order valence-corrected chi connectivity index (χ3v) is 3.96. The third-order valence-electron chi connectivity index (χ3n) is 3.08. The molecule has 20 heavy (non-hydrogen) atoms. The van der Waals surface area contributed by atoms with E-state index in [-0.39, 0.29) is 6.04 Å². The molecule has 0 radical (unpaired) electrons. The molecule has 0 aliphatic carbocycles. The molecule has 1 rings (SSSR count). The highest BCUT2D eigenvalue weighted by Crippen LogP contribution is 2.18. The summed E-state index contributed by atoms with van der Waals surface area (Å²) in [5.41, 5.74) is 3.07. The van der Waals surface area contributed by atoms with Crippen molar-refractivity contribution < 1.29 is 9.90 Å². The molecule has 1 atom stereocenters. The van der Waals surface area contributed by atoms with Gasteiger partial charge in [-0.15, -0.1) is 0 Å². The van der Waals surface area contributed by atoms with Gasteiger partial charge in [-0.25, -0.2) is 9.97 Å². The van der Waals surface area contributed by atoms with Gasteiger partial charge in [-0.05, 0) is 32.8 Å². The molecule has 2 N–H and O–H groups in total. The molecule has 0 aliphatic rings. The number of aryl methyl sites for hydroxylation is 2. The highest BCUT2D eigenvalue weighted by Gasteiger charge is 2.18. The van der Waals surface area contributed by atoms with Gasteiger partial charge in [0.1, 0.15) is 6.04 Å². The second-order valence-corrected chi connectivity index (χ2v) is 6.21. The Kier molecular flexibility index (Phi) is 6.42. The molecule has 0 amide bonds. The lowest BCUT2D eigenvalue weighted by atomic mass is 10.2. The van der Waals surface area contributed by atoms with Crippen molar-refractivity contribution in [1.29, 1.82) is 0 Å². The first-order valence-electron chi connectivity index (χ1n) is 6.74. The lowest BCUT2D eigenvalue weighted by Crippen LogP contribution is -2.41. The molecular formula is C14H23N3O2S. The Morgan fingerprint density at radius 3 is 2.25 bits per heavy atom. The average Bonchev–Trinajstić information content (AvgIpc) is 2.34. The van der Waals surface area contributed by atoms with Gasteiger partial charge in [0.25, 0.3) is 0 Å². The summed E-state index contributed by atoms with van der Waals surface area (Å²) in [7, 11) is 0. The van der Waals surface area contributed by atoms with E-state index in [1.165, 1.54) is 11.8 Å². The first kappa shape index (κ1) is 16.9. The standard InChI is InChI=1S/C14H23N3O2S/c1-8(2)15-12(13(18)19)6-7-20-14-16-10(4)9(3)11(5)17-14/h8,12,15H,6-7H2,1-5H3,(H,18,19). The topological polar surface area (TPSA) is 75.1 Å². The molecule has 1 unspecified atom stereocenters. The van der Waals surface area contributed by atoms with Gasteiger partial charge in [0.15, 0.2) is 5.16 Å². The van der Waals surface area contributed by atoms with Crippen LogP contribution in [0.1, 0.15) is 37.2 Å². The third kappa shape index (κ3) is 5.09. The number of carbonyl (C=O) groups is 1. The van der Waals surface area contributed by atoms with Crippen molar-refractivity contribution in [3.05, 3.63) is 17.0 Å². The fraction of sp³-hybridized carbons (Fsp3) is 0.643. The van der Waals surface area contributed by atoms with E-state index in [0.717, 1.165) is 22.1 Å². The van der Waals surface area contributed by atoms with Gasteiger partial charge in [0.2, 0.25) is 0 Å². The van der Waals surface area contributed by atoms with E-state index in [1.807, 2.05) is 34.6 Å². The molecule has 1 heterocycles. The van der Waals surface area contributed by atoms with Crippen LogP contribution in [0.3, 0.4) is 0 Å². The number of hydrogen-bond donors (Lipinski definition) is 2. The van der Waals surface area contributed by atoms with Crippen LogP contribution in [-0.4, -0.2) is 38.9 Å². The van der Waals surface area contributed by atoms with Crippen LogP contribution in [0.5, 0.6) is 0 Å². The van der Waals surface area contributed by atoms with Gasteiger partial charge < -0.3 is 10.4 Å². The summed E-state index contributed by atoms with van der Waals surface area (Å²) in [5.74, 6) is -0.130. The van der Waals surface area contributed by atoms with Crippen molar-refractivity contribution >= 4 is 17.7 Å². The SMILES string of the molecule is Cc1nc(SCCC(NC(C)C)C(=O)O)nc(C)c1C. The number of aliphatic carboxylic acids is 1. The van der Waals surface area contributed by atoms with E-state index in [4.69, 9.17) is 5.11 Å². The summed E-state index contributed by atoms with van der Waals surface area (Å²) in [5, 5.41) is 12.9. The zero-order valence-corrected chi connectivity index (χ0v) is 13.5. The molecule has 112 valence electrons. The molecule has 1 aromatic heterocycles. The van der Waals surface area contributed by atoms with Crippen LogP contribution in [-0.2, 0) is 4.79 Å². The van der Waals surface area contributed by atoms with Gasteiger partial charge >= 0.3 is 5.97 Å². The number of hydrogen-bond acceptors (Lipinski definition) is 5. The van der Waals surface area contributed by atoms with E-state index in [9.17, 15) is 4.79 Å². The molecule has 0 saturated carbocycles. The van der Waals surface area contributed by atoms with Crippen molar-refractivity contribution in [3.63, 3.8) is 0 Å². The Bertz CT molecular complexity index is 454. The first-order chi connectivity index (χ1) is 9.31. The van der Waals surface area contributed by atoms with E-state index in [2.05, 4.69) is 15.3 Å². The fourth-order valence-electron chi connectivity index (χ4n) is 1.75. The number of carboxylic acids is 1. The summed E-state index contributed by atoms with van der Waals surface area (Å²) < 4.78 is 0. The molecule has 6 heteroatoms. The quantitative estimate of drug-likeness (QED) is 0.594. The molecule has 0 aromatic carbocycles. The zero-order chi connectivity index (χ0) is 15.3. The minimum absolute atomic E-state index is 0.154. The maximum Gasteiger partial charge on any atom is 0.320 e. The molecule has 0 spiro atoms. The van der Waals surface area contributed by atoms with Gasteiger partial charge in [0, 0.05) is 23.2 Å². The fourth-order valence-corrected chi connectivity index (χ4v) is 2.69. The zero-order valence-electron chi connectivity index (χ0n) is 12.7. The summed E-state index contributed by atoms with van der Waals surface area (Å²) in [6, 6.07) is -0.364. The number of nitrogens with one attached hydrogen (secondary N) is 1. The van der Waals surface area contributed by atoms with Gasteiger partial charge in [-0.2, -0.15) is 0 Å². The largest absolute Gasteiger partial charge is 0.480 e. The Labute approximate surface area is 124 Å². The Morgan fingerprint density at radius 2 is 1.80 bits per heavy atom. The van der Waals surface area contributed by atoms with Crippen molar-refractivity contribution in [3.8, 4) is 0 Å². The number of rotatable bonds is 7. The summed E-state index contributed by atoms with van der Waals surface area (Å²) in [6.45, 7) is 9.83. The normalized spacial score (nSPS) is 12.7. The molecule has 0 saturated heterocycles. The van der Waals surface area contributed by atoms with E-state index >= 15 is 0 Å². The maximum absolute atomic E-state index is 11.1. The van der Waals surface area contributed by atoms with Crippen LogP contribution in [0.25, 0.3) is 0 Å². The summed E-state index contributed by atoms with van der Waals surface area (Å²) in [4.78, 5) is 20.0. The second-order valence-electron chi connectivity index (χ2n) is 5.15. The van der Waals surface area contributed by atoms with Crippen LogP contribution in [0.15, 0.2) is 5.16 Å². The van der Waals surface area contributed by atoms with Crippen LogP contribution in [0.4, 0.5) is 0 Å². The van der Waals surface area contributed by atoms with Crippen LogP contribution < -0.4 is 5.32 Å². The van der Waals surface area contributed by atoms with Crippen molar-refractivity contribution in [2.75, 3.05) is 5.75 Å². The van der Waals surface area contributed by atoms with Crippen molar-refractivity contribution in [2.24, 2.45) is 0 Å².